The molecule has 0 aliphatic heterocycles. The predicted molar refractivity (Wildman–Crippen MR) is 69.6 cm³/mol. The first kappa shape index (κ1) is 12.4. The number of benzene rings is 1. The Morgan fingerprint density at radius 3 is 2.61 bits per heavy atom. The quantitative estimate of drug-likeness (QED) is 0.797. The van der Waals surface area contributed by atoms with Crippen molar-refractivity contribution in [2.45, 2.75) is 20.2 Å². The molecule has 18 heavy (non-hydrogen) atoms. The van der Waals surface area contributed by atoms with Crippen molar-refractivity contribution in [1.29, 1.82) is 0 Å². The molecule has 0 fully saturated rings. The molecule has 96 valence electrons. The lowest BCUT2D eigenvalue weighted by molar-refractivity contribution is 0.129. The highest BCUT2D eigenvalue weighted by Crippen LogP contribution is 2.12. The fourth-order valence-electron chi connectivity index (χ4n) is 1.97. The van der Waals surface area contributed by atoms with E-state index in [4.69, 9.17) is 10.5 Å². The van der Waals surface area contributed by atoms with Crippen molar-refractivity contribution in [3.05, 3.63) is 39.0 Å². The minimum absolute atomic E-state index is 0.0968. The van der Waals surface area contributed by atoms with Crippen LogP contribution in [0.3, 0.4) is 0 Å². The van der Waals surface area contributed by atoms with Crippen molar-refractivity contribution in [3.8, 4) is 0 Å². The molecular weight excluding hydrogens is 234 g/mol. The van der Waals surface area contributed by atoms with Crippen LogP contribution in [0.15, 0.2) is 27.8 Å². The zero-order chi connectivity index (χ0) is 13.3. The summed E-state index contributed by atoms with van der Waals surface area (Å²) < 4.78 is 7.59. The second kappa shape index (κ2) is 4.66. The van der Waals surface area contributed by atoms with Crippen LogP contribution < -0.4 is 17.0 Å². The van der Waals surface area contributed by atoms with E-state index in [1.165, 1.54) is 16.2 Å². The molecular formula is C12H15N3O3. The van der Waals surface area contributed by atoms with E-state index in [9.17, 15) is 9.59 Å². The first-order valence-corrected chi connectivity index (χ1v) is 5.62. The van der Waals surface area contributed by atoms with E-state index in [-0.39, 0.29) is 18.0 Å². The van der Waals surface area contributed by atoms with Crippen LogP contribution in [-0.2, 0) is 18.0 Å². The van der Waals surface area contributed by atoms with Gasteiger partial charge in [0.1, 0.15) is 6.73 Å². The standard InChI is InChI=1S/C12H15N3O3/c1-3-14-11(16)9-6-8(13)4-5-10(9)15(7-18-2)12(14)17/h4-6H,3,7,13H2,1-2H3. The van der Waals surface area contributed by atoms with Gasteiger partial charge in [0.05, 0.1) is 10.9 Å². The Morgan fingerprint density at radius 1 is 1.28 bits per heavy atom. The molecule has 0 amide bonds. The second-order valence-electron chi connectivity index (χ2n) is 3.95. The van der Waals surface area contributed by atoms with Gasteiger partial charge in [-0.25, -0.2) is 4.79 Å². The van der Waals surface area contributed by atoms with Gasteiger partial charge in [0.25, 0.3) is 5.56 Å². The highest BCUT2D eigenvalue weighted by Gasteiger charge is 2.11. The molecule has 6 heteroatoms. The van der Waals surface area contributed by atoms with E-state index in [1.807, 2.05) is 0 Å². The summed E-state index contributed by atoms with van der Waals surface area (Å²) in [5.74, 6) is 0. The molecule has 0 saturated heterocycles. The maximum Gasteiger partial charge on any atom is 0.333 e. The van der Waals surface area contributed by atoms with Crippen molar-refractivity contribution in [2.24, 2.45) is 0 Å². The summed E-state index contributed by atoms with van der Waals surface area (Å²) in [6.45, 7) is 2.16. The molecule has 1 aromatic heterocycles. The van der Waals surface area contributed by atoms with Crippen LogP contribution >= 0.6 is 0 Å². The lowest BCUT2D eigenvalue weighted by atomic mass is 10.2. The molecule has 0 atom stereocenters. The molecule has 2 N–H and O–H groups in total. The van der Waals surface area contributed by atoms with Crippen LogP contribution in [0.1, 0.15) is 6.92 Å². The number of nitrogens with two attached hydrogens (primary N) is 1. The molecule has 1 aromatic carbocycles. The van der Waals surface area contributed by atoms with Gasteiger partial charge in [0, 0.05) is 19.3 Å². The SMILES string of the molecule is CCn1c(=O)c2cc(N)ccc2n(COC)c1=O. The van der Waals surface area contributed by atoms with Crippen molar-refractivity contribution < 1.29 is 4.74 Å². The Hall–Kier alpha value is -2.08. The van der Waals surface area contributed by atoms with E-state index in [2.05, 4.69) is 0 Å². The molecule has 0 saturated carbocycles. The number of methoxy groups -OCH3 is 1. The van der Waals surface area contributed by atoms with E-state index in [0.717, 1.165) is 0 Å². The van der Waals surface area contributed by atoms with Gasteiger partial charge in [-0.2, -0.15) is 0 Å². The Morgan fingerprint density at radius 2 is 2.00 bits per heavy atom. The third-order valence-electron chi connectivity index (χ3n) is 2.82. The summed E-state index contributed by atoms with van der Waals surface area (Å²) in [5.41, 5.74) is 6.01. The monoisotopic (exact) mass is 249 g/mol. The number of ether oxygens (including phenoxy) is 1. The fraction of sp³-hybridized carbons (Fsp3) is 0.333. The van der Waals surface area contributed by atoms with Crippen molar-refractivity contribution in [2.75, 3.05) is 12.8 Å². The summed E-state index contributed by atoms with van der Waals surface area (Å²) in [6.07, 6.45) is 0. The molecule has 6 nitrogen and oxygen atoms in total. The van der Waals surface area contributed by atoms with Gasteiger partial charge in [-0.1, -0.05) is 0 Å². The zero-order valence-corrected chi connectivity index (χ0v) is 10.3. The largest absolute Gasteiger partial charge is 0.399 e. The maximum atomic E-state index is 12.1. The molecule has 0 spiro atoms. The fourth-order valence-corrected chi connectivity index (χ4v) is 1.97. The Labute approximate surface area is 103 Å². The van der Waals surface area contributed by atoms with Crippen LogP contribution in [0.2, 0.25) is 0 Å². The van der Waals surface area contributed by atoms with Gasteiger partial charge in [0.15, 0.2) is 0 Å². The Kier molecular flexibility index (Phi) is 3.20. The number of nitrogens with zero attached hydrogens (tertiary/aromatic N) is 2. The van der Waals surface area contributed by atoms with Crippen LogP contribution in [-0.4, -0.2) is 16.2 Å². The second-order valence-corrected chi connectivity index (χ2v) is 3.95. The molecule has 0 unspecified atom stereocenters. The summed E-state index contributed by atoms with van der Waals surface area (Å²) in [4.78, 5) is 24.3. The summed E-state index contributed by atoms with van der Waals surface area (Å²) in [7, 11) is 1.50. The average molecular weight is 249 g/mol. The Bertz CT molecular complexity index is 700. The van der Waals surface area contributed by atoms with Crippen molar-refractivity contribution in [1.82, 2.24) is 9.13 Å². The van der Waals surface area contributed by atoms with E-state index >= 15 is 0 Å². The number of fused-ring (bicyclic) bond motifs is 1. The average Bonchev–Trinajstić information content (AvgIpc) is 2.35. The zero-order valence-electron chi connectivity index (χ0n) is 10.3. The van der Waals surface area contributed by atoms with Crippen LogP contribution in [0, 0.1) is 0 Å². The van der Waals surface area contributed by atoms with Gasteiger partial charge >= 0.3 is 5.69 Å². The maximum absolute atomic E-state index is 12.1. The normalized spacial score (nSPS) is 11.0. The van der Waals surface area contributed by atoms with Gasteiger partial charge in [-0.15, -0.1) is 0 Å². The lowest BCUT2D eigenvalue weighted by Crippen LogP contribution is -2.39. The summed E-state index contributed by atoms with van der Waals surface area (Å²) >= 11 is 0. The molecule has 2 aromatic rings. The summed E-state index contributed by atoms with van der Waals surface area (Å²) in [6, 6.07) is 4.89. The minimum atomic E-state index is -0.373. The first-order valence-electron chi connectivity index (χ1n) is 5.62. The highest BCUT2D eigenvalue weighted by atomic mass is 16.5. The van der Waals surface area contributed by atoms with E-state index in [0.29, 0.717) is 23.1 Å². The van der Waals surface area contributed by atoms with Gasteiger partial charge in [-0.05, 0) is 25.1 Å². The highest BCUT2D eigenvalue weighted by molar-refractivity contribution is 5.81. The van der Waals surface area contributed by atoms with E-state index in [1.54, 1.807) is 25.1 Å². The smallest absolute Gasteiger partial charge is 0.333 e. The third-order valence-corrected chi connectivity index (χ3v) is 2.82. The van der Waals surface area contributed by atoms with Crippen molar-refractivity contribution >= 4 is 16.6 Å². The van der Waals surface area contributed by atoms with Gasteiger partial charge in [0.2, 0.25) is 0 Å². The third kappa shape index (κ3) is 1.80. The molecule has 0 aliphatic rings. The van der Waals surface area contributed by atoms with Crippen molar-refractivity contribution in [3.63, 3.8) is 0 Å². The topological polar surface area (TPSA) is 79.2 Å². The number of hydrogen-bond donors (Lipinski definition) is 1. The number of nitrogen functional groups attached to an aromatic ring is 1. The molecule has 0 radical (unpaired) electrons. The molecule has 0 bridgehead atoms. The van der Waals surface area contributed by atoms with Crippen LogP contribution in [0.25, 0.3) is 10.9 Å². The number of hydrogen-bond acceptors (Lipinski definition) is 4. The Balaban J connectivity index is 2.97. The van der Waals surface area contributed by atoms with Crippen LogP contribution in [0.4, 0.5) is 5.69 Å². The number of aromatic nitrogens is 2. The van der Waals surface area contributed by atoms with Crippen LogP contribution in [0.5, 0.6) is 0 Å². The first-order chi connectivity index (χ1) is 8.60. The molecule has 0 aliphatic carbocycles. The molecule has 1 heterocycles. The van der Waals surface area contributed by atoms with Gasteiger partial charge in [-0.3, -0.25) is 13.9 Å². The summed E-state index contributed by atoms with van der Waals surface area (Å²) in [5, 5.41) is 0.425. The number of anilines is 1. The number of rotatable bonds is 3. The predicted octanol–water partition coefficient (Wildman–Crippen LogP) is 0.369. The lowest BCUT2D eigenvalue weighted by Gasteiger charge is -2.12. The molecule has 2 rings (SSSR count). The van der Waals surface area contributed by atoms with Gasteiger partial charge < -0.3 is 10.5 Å². The van der Waals surface area contributed by atoms with E-state index < -0.39 is 0 Å². The minimum Gasteiger partial charge on any atom is -0.399 e.